The van der Waals surface area contributed by atoms with Gasteiger partial charge in [-0.2, -0.15) is 0 Å². The molecule has 23 heavy (non-hydrogen) atoms. The fourth-order valence-electron chi connectivity index (χ4n) is 2.82. The molecule has 4 heteroatoms. The van der Waals surface area contributed by atoms with E-state index in [4.69, 9.17) is 5.73 Å². The Morgan fingerprint density at radius 2 is 1.43 bits per heavy atom. The van der Waals surface area contributed by atoms with Crippen LogP contribution < -0.4 is 5.73 Å². The Labute approximate surface area is 143 Å². The molecule has 2 atom stereocenters. The van der Waals surface area contributed by atoms with Gasteiger partial charge in [0.15, 0.2) is 0 Å². The number of methoxy groups -OCH3 is 1. The number of carbonyl (C=O) groups excluding carboxylic acids is 1. The van der Waals surface area contributed by atoms with Crippen molar-refractivity contribution >= 4 is 5.97 Å². The van der Waals surface area contributed by atoms with Crippen LogP contribution in [0.4, 0.5) is 0 Å². The minimum Gasteiger partial charge on any atom is -0.469 e. The van der Waals surface area contributed by atoms with E-state index >= 15 is 0 Å². The summed E-state index contributed by atoms with van der Waals surface area (Å²) < 4.78 is 4.61. The highest BCUT2D eigenvalue weighted by Gasteiger charge is 2.13. The van der Waals surface area contributed by atoms with Crippen LogP contribution in [0.3, 0.4) is 0 Å². The van der Waals surface area contributed by atoms with E-state index in [-0.39, 0.29) is 18.1 Å². The first-order valence-electron chi connectivity index (χ1n) is 9.62. The molecular formula is C19H39NO3. The molecule has 0 radical (unpaired) electrons. The summed E-state index contributed by atoms with van der Waals surface area (Å²) in [6, 6.07) is -0.0827. The molecule has 0 amide bonds. The van der Waals surface area contributed by atoms with E-state index in [2.05, 4.69) is 11.7 Å². The van der Waals surface area contributed by atoms with Gasteiger partial charge in [0.05, 0.1) is 13.2 Å². The highest BCUT2D eigenvalue weighted by molar-refractivity contribution is 5.68. The zero-order valence-electron chi connectivity index (χ0n) is 15.4. The lowest BCUT2D eigenvalue weighted by Gasteiger charge is -2.18. The second-order valence-electron chi connectivity index (χ2n) is 6.67. The van der Waals surface area contributed by atoms with Gasteiger partial charge in [0.25, 0.3) is 0 Å². The second kappa shape index (κ2) is 16.3. The molecule has 0 rings (SSSR count). The predicted octanol–water partition coefficient (Wildman–Crippen LogP) is 4.33. The highest BCUT2D eigenvalue weighted by atomic mass is 16.5. The third-order valence-electron chi connectivity index (χ3n) is 4.49. The number of esters is 1. The third kappa shape index (κ3) is 14.7. The number of hydrogen-bond acceptors (Lipinski definition) is 4. The molecule has 0 fully saturated rings. The fourth-order valence-corrected chi connectivity index (χ4v) is 2.82. The average molecular weight is 330 g/mol. The number of aliphatic hydroxyl groups excluding tert-OH is 1. The standard InChI is InChI=1S/C19H39NO3/c1-3-4-5-6-9-12-15-18(21)17(20)14-11-8-7-10-13-16-19(22)23-2/h17-18,21H,3-16,20H2,1-2H3/t17-,18-/m0/s1. The first-order chi connectivity index (χ1) is 11.1. The van der Waals surface area contributed by atoms with E-state index in [1.165, 1.54) is 39.2 Å². The Morgan fingerprint density at radius 1 is 0.913 bits per heavy atom. The maximum absolute atomic E-state index is 11.0. The quantitative estimate of drug-likeness (QED) is 0.326. The molecule has 0 aromatic rings. The molecule has 0 bridgehead atoms. The predicted molar refractivity (Wildman–Crippen MR) is 96.3 cm³/mol. The lowest BCUT2D eigenvalue weighted by Crippen LogP contribution is -2.34. The molecule has 0 saturated carbocycles. The van der Waals surface area contributed by atoms with Crippen LogP contribution in [0.2, 0.25) is 0 Å². The second-order valence-corrected chi connectivity index (χ2v) is 6.67. The minimum atomic E-state index is -0.347. The van der Waals surface area contributed by atoms with Crippen molar-refractivity contribution in [2.45, 2.75) is 109 Å². The summed E-state index contributed by atoms with van der Waals surface area (Å²) in [4.78, 5) is 11.0. The molecule has 0 aliphatic carbocycles. The van der Waals surface area contributed by atoms with Gasteiger partial charge in [-0.3, -0.25) is 4.79 Å². The Kier molecular flexibility index (Phi) is 15.8. The van der Waals surface area contributed by atoms with E-state index in [9.17, 15) is 9.90 Å². The van der Waals surface area contributed by atoms with Crippen molar-refractivity contribution in [1.82, 2.24) is 0 Å². The van der Waals surface area contributed by atoms with E-state index in [0.717, 1.165) is 51.4 Å². The molecule has 0 heterocycles. The van der Waals surface area contributed by atoms with E-state index < -0.39 is 0 Å². The number of unbranched alkanes of at least 4 members (excludes halogenated alkanes) is 9. The van der Waals surface area contributed by atoms with E-state index in [1.807, 2.05) is 0 Å². The Balaban J connectivity index is 3.40. The summed E-state index contributed by atoms with van der Waals surface area (Å²) in [5.41, 5.74) is 6.07. The van der Waals surface area contributed by atoms with Crippen LogP contribution in [0.5, 0.6) is 0 Å². The highest BCUT2D eigenvalue weighted by Crippen LogP contribution is 2.14. The largest absolute Gasteiger partial charge is 0.469 e. The van der Waals surface area contributed by atoms with Crippen molar-refractivity contribution in [2.75, 3.05) is 7.11 Å². The van der Waals surface area contributed by atoms with Gasteiger partial charge in [-0.1, -0.05) is 71.1 Å². The van der Waals surface area contributed by atoms with Gasteiger partial charge in [0.1, 0.15) is 0 Å². The first-order valence-corrected chi connectivity index (χ1v) is 9.62. The summed E-state index contributed by atoms with van der Waals surface area (Å²) in [7, 11) is 1.43. The van der Waals surface area contributed by atoms with Crippen LogP contribution in [0.1, 0.15) is 96.8 Å². The van der Waals surface area contributed by atoms with Crippen molar-refractivity contribution < 1.29 is 14.6 Å². The molecule has 4 nitrogen and oxygen atoms in total. The Bertz CT molecular complexity index is 271. The number of nitrogens with two attached hydrogens (primary N) is 1. The number of aliphatic hydroxyl groups is 1. The molecule has 0 aromatic heterocycles. The normalized spacial score (nSPS) is 13.7. The van der Waals surface area contributed by atoms with E-state index in [1.54, 1.807) is 0 Å². The first kappa shape index (κ1) is 22.4. The molecular weight excluding hydrogens is 290 g/mol. The smallest absolute Gasteiger partial charge is 0.305 e. The van der Waals surface area contributed by atoms with Crippen molar-refractivity contribution in [3.63, 3.8) is 0 Å². The van der Waals surface area contributed by atoms with Gasteiger partial charge in [-0.25, -0.2) is 0 Å². The molecule has 0 unspecified atom stereocenters. The van der Waals surface area contributed by atoms with Gasteiger partial charge in [-0.15, -0.1) is 0 Å². The number of ether oxygens (including phenoxy) is 1. The van der Waals surface area contributed by atoms with Gasteiger partial charge < -0.3 is 15.6 Å². The zero-order valence-corrected chi connectivity index (χ0v) is 15.4. The third-order valence-corrected chi connectivity index (χ3v) is 4.49. The molecule has 0 aromatic carbocycles. The summed E-state index contributed by atoms with van der Waals surface area (Å²) in [6.07, 6.45) is 14.7. The molecule has 0 aliphatic rings. The monoisotopic (exact) mass is 329 g/mol. The minimum absolute atomic E-state index is 0.0827. The molecule has 0 spiro atoms. The zero-order chi connectivity index (χ0) is 17.3. The molecule has 0 aliphatic heterocycles. The summed E-state index contributed by atoms with van der Waals surface area (Å²) >= 11 is 0. The lowest BCUT2D eigenvalue weighted by atomic mass is 9.98. The van der Waals surface area contributed by atoms with Crippen LogP contribution in [0, 0.1) is 0 Å². The van der Waals surface area contributed by atoms with Gasteiger partial charge >= 0.3 is 5.97 Å². The van der Waals surface area contributed by atoms with Crippen molar-refractivity contribution in [3.05, 3.63) is 0 Å². The Hall–Kier alpha value is -0.610. The average Bonchev–Trinajstić information content (AvgIpc) is 2.56. The maximum Gasteiger partial charge on any atom is 0.305 e. The molecule has 3 N–H and O–H groups in total. The summed E-state index contributed by atoms with van der Waals surface area (Å²) in [6.45, 7) is 2.22. The summed E-state index contributed by atoms with van der Waals surface area (Å²) in [5.74, 6) is -0.121. The molecule has 138 valence electrons. The van der Waals surface area contributed by atoms with Gasteiger partial charge in [-0.05, 0) is 19.3 Å². The Morgan fingerprint density at radius 3 is 2.04 bits per heavy atom. The maximum atomic E-state index is 11.0. The van der Waals surface area contributed by atoms with E-state index in [0.29, 0.717) is 6.42 Å². The van der Waals surface area contributed by atoms with Gasteiger partial charge in [0.2, 0.25) is 0 Å². The summed E-state index contributed by atoms with van der Waals surface area (Å²) in [5, 5.41) is 10.1. The lowest BCUT2D eigenvalue weighted by molar-refractivity contribution is -0.140. The van der Waals surface area contributed by atoms with Crippen molar-refractivity contribution in [1.29, 1.82) is 0 Å². The van der Waals surface area contributed by atoms with Crippen molar-refractivity contribution in [2.24, 2.45) is 5.73 Å². The fraction of sp³-hybridized carbons (Fsp3) is 0.947. The SMILES string of the molecule is CCCCCCCC[C@H](O)[C@@H](N)CCCCCCCC(=O)OC. The van der Waals surface area contributed by atoms with Crippen LogP contribution in [-0.4, -0.2) is 30.3 Å². The number of rotatable bonds is 16. The van der Waals surface area contributed by atoms with Crippen LogP contribution in [0.15, 0.2) is 0 Å². The van der Waals surface area contributed by atoms with Gasteiger partial charge in [0, 0.05) is 12.5 Å². The number of hydrogen-bond donors (Lipinski definition) is 2. The number of carbonyl (C=O) groups is 1. The topological polar surface area (TPSA) is 72.5 Å². The van der Waals surface area contributed by atoms with Crippen molar-refractivity contribution in [3.8, 4) is 0 Å². The van der Waals surface area contributed by atoms with Crippen LogP contribution in [0.25, 0.3) is 0 Å². The molecule has 0 saturated heterocycles. The van der Waals surface area contributed by atoms with Crippen LogP contribution in [-0.2, 0) is 9.53 Å². The van der Waals surface area contributed by atoms with Crippen LogP contribution >= 0.6 is 0 Å².